The minimum absolute atomic E-state index is 0.0206. The summed E-state index contributed by atoms with van der Waals surface area (Å²) in [7, 11) is 3.62. The lowest BCUT2D eigenvalue weighted by atomic mass is 9.87. The Balaban J connectivity index is 1.71. The number of aryl methyl sites for hydroxylation is 2. The maximum atomic E-state index is 13.0. The fourth-order valence-electron chi connectivity index (χ4n) is 4.44. The van der Waals surface area contributed by atoms with Gasteiger partial charge in [0, 0.05) is 32.7 Å². The zero-order chi connectivity index (χ0) is 18.9. The Labute approximate surface area is 155 Å². The standard InChI is InChI=1S/C19H30N4O3/c1-14-17(15(2)26-20-14)18(25)22-10-5-7-19(9-12-22)8-6-11-23(19)13-16(24)21(3)4/h5-13H2,1-4H3/t19-/m1/s1. The smallest absolute Gasteiger partial charge is 0.259 e. The summed E-state index contributed by atoms with van der Waals surface area (Å²) in [4.78, 5) is 31.1. The van der Waals surface area contributed by atoms with Crippen LogP contribution in [-0.2, 0) is 4.79 Å². The van der Waals surface area contributed by atoms with Gasteiger partial charge in [-0.1, -0.05) is 5.16 Å². The first-order valence-electron chi connectivity index (χ1n) is 9.51. The highest BCUT2D eigenvalue weighted by Crippen LogP contribution is 2.38. The molecule has 3 rings (SSSR count). The number of carbonyl (C=O) groups is 2. The number of likely N-dealkylation sites (N-methyl/N-ethyl adjacent to an activating group) is 1. The fourth-order valence-corrected chi connectivity index (χ4v) is 4.44. The molecule has 2 aliphatic rings. The second-order valence-electron chi connectivity index (χ2n) is 7.88. The van der Waals surface area contributed by atoms with E-state index in [1.54, 1.807) is 11.8 Å². The molecule has 1 aromatic rings. The molecule has 2 saturated heterocycles. The molecule has 2 amide bonds. The van der Waals surface area contributed by atoms with Gasteiger partial charge >= 0.3 is 0 Å². The van der Waals surface area contributed by atoms with Gasteiger partial charge in [-0.3, -0.25) is 14.5 Å². The van der Waals surface area contributed by atoms with Crippen LogP contribution in [0, 0.1) is 13.8 Å². The molecule has 3 heterocycles. The zero-order valence-electron chi connectivity index (χ0n) is 16.4. The van der Waals surface area contributed by atoms with E-state index in [0.717, 1.165) is 51.7 Å². The first-order valence-corrected chi connectivity index (χ1v) is 9.51. The van der Waals surface area contributed by atoms with E-state index in [-0.39, 0.29) is 17.4 Å². The van der Waals surface area contributed by atoms with Gasteiger partial charge in [0.15, 0.2) is 0 Å². The number of nitrogens with zero attached hydrogens (tertiary/aromatic N) is 4. The molecule has 0 saturated carbocycles. The Morgan fingerprint density at radius 3 is 2.42 bits per heavy atom. The summed E-state index contributed by atoms with van der Waals surface area (Å²) in [5.74, 6) is 0.761. The van der Waals surface area contributed by atoms with E-state index in [0.29, 0.717) is 23.6 Å². The number of hydrogen-bond donors (Lipinski definition) is 0. The lowest BCUT2D eigenvalue weighted by molar-refractivity contribution is -0.131. The third kappa shape index (κ3) is 3.49. The van der Waals surface area contributed by atoms with Gasteiger partial charge in [-0.2, -0.15) is 0 Å². The highest BCUT2D eigenvalue weighted by Gasteiger charge is 2.43. The summed E-state index contributed by atoms with van der Waals surface area (Å²) in [6, 6.07) is 0. The van der Waals surface area contributed by atoms with Crippen LogP contribution >= 0.6 is 0 Å². The van der Waals surface area contributed by atoms with E-state index in [2.05, 4.69) is 10.1 Å². The molecule has 0 bridgehead atoms. The van der Waals surface area contributed by atoms with Crippen LogP contribution in [0.3, 0.4) is 0 Å². The normalized spacial score (nSPS) is 24.1. The second-order valence-corrected chi connectivity index (χ2v) is 7.88. The van der Waals surface area contributed by atoms with Gasteiger partial charge in [0.1, 0.15) is 11.3 Å². The van der Waals surface area contributed by atoms with Crippen molar-refractivity contribution >= 4 is 11.8 Å². The molecule has 0 unspecified atom stereocenters. The number of aromatic nitrogens is 1. The molecule has 0 N–H and O–H groups in total. The Morgan fingerprint density at radius 2 is 1.81 bits per heavy atom. The molecular formula is C19H30N4O3. The molecule has 26 heavy (non-hydrogen) atoms. The molecule has 2 fully saturated rings. The van der Waals surface area contributed by atoms with E-state index in [1.807, 2.05) is 25.9 Å². The quantitative estimate of drug-likeness (QED) is 0.821. The van der Waals surface area contributed by atoms with Gasteiger partial charge < -0.3 is 14.3 Å². The monoisotopic (exact) mass is 362 g/mol. The highest BCUT2D eigenvalue weighted by molar-refractivity contribution is 5.96. The predicted octanol–water partition coefficient (Wildman–Crippen LogP) is 1.84. The van der Waals surface area contributed by atoms with E-state index in [9.17, 15) is 9.59 Å². The predicted molar refractivity (Wildman–Crippen MR) is 98.0 cm³/mol. The summed E-state index contributed by atoms with van der Waals surface area (Å²) >= 11 is 0. The van der Waals surface area contributed by atoms with Crippen molar-refractivity contribution in [3.63, 3.8) is 0 Å². The number of rotatable bonds is 3. The number of likely N-dealkylation sites (tertiary alicyclic amines) is 2. The van der Waals surface area contributed by atoms with E-state index < -0.39 is 0 Å². The van der Waals surface area contributed by atoms with Crippen molar-refractivity contribution in [1.82, 2.24) is 19.9 Å². The van der Waals surface area contributed by atoms with Gasteiger partial charge in [0.05, 0.1) is 12.2 Å². The summed E-state index contributed by atoms with van der Waals surface area (Å²) in [6.07, 6.45) is 5.16. The lowest BCUT2D eigenvalue weighted by Gasteiger charge is -2.38. The molecule has 1 spiro atoms. The van der Waals surface area contributed by atoms with Crippen molar-refractivity contribution in [1.29, 1.82) is 0 Å². The molecule has 144 valence electrons. The van der Waals surface area contributed by atoms with Crippen LogP contribution in [0.2, 0.25) is 0 Å². The average Bonchev–Trinajstić information content (AvgIpc) is 3.04. The van der Waals surface area contributed by atoms with Crippen molar-refractivity contribution < 1.29 is 14.1 Å². The highest BCUT2D eigenvalue weighted by atomic mass is 16.5. The first-order chi connectivity index (χ1) is 12.3. The van der Waals surface area contributed by atoms with Crippen LogP contribution in [0.5, 0.6) is 0 Å². The zero-order valence-corrected chi connectivity index (χ0v) is 16.4. The molecule has 0 aromatic carbocycles. The van der Waals surface area contributed by atoms with Gasteiger partial charge in [-0.15, -0.1) is 0 Å². The van der Waals surface area contributed by atoms with E-state index >= 15 is 0 Å². The SMILES string of the molecule is Cc1noc(C)c1C(=O)N1CCC[C@@]2(CCCN2CC(=O)N(C)C)CC1. The van der Waals surface area contributed by atoms with E-state index in [4.69, 9.17) is 4.52 Å². The number of hydrogen-bond acceptors (Lipinski definition) is 5. The van der Waals surface area contributed by atoms with Crippen molar-refractivity contribution in [2.45, 2.75) is 51.5 Å². The Bertz CT molecular complexity index is 665. The van der Waals surface area contributed by atoms with Crippen LogP contribution in [0.1, 0.15) is 53.9 Å². The summed E-state index contributed by atoms with van der Waals surface area (Å²) in [5.41, 5.74) is 1.32. The molecular weight excluding hydrogens is 332 g/mol. The minimum atomic E-state index is 0.0206. The van der Waals surface area contributed by atoms with Crippen LogP contribution < -0.4 is 0 Å². The van der Waals surface area contributed by atoms with Crippen molar-refractivity contribution in [3.8, 4) is 0 Å². The van der Waals surface area contributed by atoms with E-state index in [1.165, 1.54) is 0 Å². The molecule has 7 nitrogen and oxygen atoms in total. The van der Waals surface area contributed by atoms with Crippen molar-refractivity contribution in [3.05, 3.63) is 17.0 Å². The molecule has 0 radical (unpaired) electrons. The Morgan fingerprint density at radius 1 is 1.12 bits per heavy atom. The maximum absolute atomic E-state index is 13.0. The lowest BCUT2D eigenvalue weighted by Crippen LogP contribution is -2.48. The second kappa shape index (κ2) is 7.39. The first kappa shape index (κ1) is 18.9. The largest absolute Gasteiger partial charge is 0.361 e. The third-order valence-electron chi connectivity index (χ3n) is 6.02. The molecule has 0 aliphatic carbocycles. The Hall–Kier alpha value is -1.89. The topological polar surface area (TPSA) is 69.9 Å². The third-order valence-corrected chi connectivity index (χ3v) is 6.02. The van der Waals surface area contributed by atoms with Gasteiger partial charge in [-0.25, -0.2) is 0 Å². The van der Waals surface area contributed by atoms with Crippen LogP contribution in [0.15, 0.2) is 4.52 Å². The number of amides is 2. The molecule has 1 atom stereocenters. The summed E-state index contributed by atoms with van der Waals surface area (Å²) in [6.45, 7) is 6.52. The molecule has 1 aromatic heterocycles. The maximum Gasteiger partial charge on any atom is 0.259 e. The van der Waals surface area contributed by atoms with Crippen molar-refractivity contribution in [2.24, 2.45) is 0 Å². The van der Waals surface area contributed by atoms with Crippen LogP contribution in [-0.4, -0.2) is 77.5 Å². The Kier molecular flexibility index (Phi) is 5.37. The number of carbonyl (C=O) groups excluding carboxylic acids is 2. The fraction of sp³-hybridized carbons (Fsp3) is 0.737. The average molecular weight is 362 g/mol. The minimum Gasteiger partial charge on any atom is -0.361 e. The van der Waals surface area contributed by atoms with Gasteiger partial charge in [0.2, 0.25) is 5.91 Å². The molecule has 2 aliphatic heterocycles. The van der Waals surface area contributed by atoms with Crippen LogP contribution in [0.25, 0.3) is 0 Å². The van der Waals surface area contributed by atoms with Crippen LogP contribution in [0.4, 0.5) is 0 Å². The summed E-state index contributed by atoms with van der Waals surface area (Å²) < 4.78 is 5.17. The van der Waals surface area contributed by atoms with Gasteiger partial charge in [-0.05, 0) is 52.5 Å². The van der Waals surface area contributed by atoms with Crippen molar-refractivity contribution in [2.75, 3.05) is 40.3 Å². The summed E-state index contributed by atoms with van der Waals surface area (Å²) in [5, 5.41) is 3.91. The molecule has 7 heteroatoms. The van der Waals surface area contributed by atoms with Gasteiger partial charge in [0.25, 0.3) is 5.91 Å².